The molecule has 0 aromatic heterocycles. The van der Waals surface area contributed by atoms with Crippen LogP contribution in [-0.4, -0.2) is 56.1 Å². The smallest absolute Gasteiger partial charge is 0.338 e. The molecule has 1 N–H and O–H groups in total. The zero-order chi connectivity index (χ0) is 20.8. The lowest BCUT2D eigenvalue weighted by molar-refractivity contribution is 0.0526. The average molecular weight is 399 g/mol. The molecule has 154 valence electrons. The number of anilines is 2. The van der Waals surface area contributed by atoms with Crippen LogP contribution in [0.4, 0.5) is 15.8 Å². The fourth-order valence-electron chi connectivity index (χ4n) is 3.38. The first-order valence-corrected chi connectivity index (χ1v) is 9.87. The summed E-state index contributed by atoms with van der Waals surface area (Å²) in [6, 6.07) is 10.7. The van der Waals surface area contributed by atoms with Gasteiger partial charge in [0.2, 0.25) is 0 Å². The van der Waals surface area contributed by atoms with Crippen molar-refractivity contribution in [1.29, 1.82) is 0 Å². The van der Waals surface area contributed by atoms with Crippen molar-refractivity contribution in [2.24, 2.45) is 0 Å². The van der Waals surface area contributed by atoms with Crippen LogP contribution in [0, 0.1) is 5.82 Å². The van der Waals surface area contributed by atoms with E-state index in [4.69, 9.17) is 4.74 Å². The number of amides is 1. The second-order valence-corrected chi connectivity index (χ2v) is 6.84. The molecule has 2 aromatic carbocycles. The lowest BCUT2D eigenvalue weighted by atomic mass is 10.1. The number of esters is 1. The lowest BCUT2D eigenvalue weighted by Crippen LogP contribution is -2.46. The molecule has 1 aliphatic heterocycles. The summed E-state index contributed by atoms with van der Waals surface area (Å²) < 4.78 is 18.6. The lowest BCUT2D eigenvalue weighted by Gasteiger charge is -2.36. The summed E-state index contributed by atoms with van der Waals surface area (Å²) in [6.07, 6.45) is 0. The van der Waals surface area contributed by atoms with Crippen molar-refractivity contribution >= 4 is 23.3 Å². The number of carbonyl (C=O) groups excluding carboxylic acids is 2. The van der Waals surface area contributed by atoms with Crippen LogP contribution < -0.4 is 10.2 Å². The number of likely N-dealkylation sites (N-methyl/N-ethyl adjacent to an activating group) is 1. The van der Waals surface area contributed by atoms with Gasteiger partial charge in [0.1, 0.15) is 5.82 Å². The number of piperazine rings is 1. The van der Waals surface area contributed by atoms with Crippen LogP contribution in [0.2, 0.25) is 0 Å². The molecule has 29 heavy (non-hydrogen) atoms. The predicted molar refractivity (Wildman–Crippen MR) is 111 cm³/mol. The molecule has 1 saturated heterocycles. The van der Waals surface area contributed by atoms with Gasteiger partial charge in [0.25, 0.3) is 5.91 Å². The van der Waals surface area contributed by atoms with Gasteiger partial charge < -0.3 is 19.9 Å². The third kappa shape index (κ3) is 5.12. The Hall–Kier alpha value is -2.93. The summed E-state index contributed by atoms with van der Waals surface area (Å²) >= 11 is 0. The van der Waals surface area contributed by atoms with Crippen LogP contribution in [0.3, 0.4) is 0 Å². The van der Waals surface area contributed by atoms with Gasteiger partial charge >= 0.3 is 5.97 Å². The van der Waals surface area contributed by atoms with Gasteiger partial charge in [-0.25, -0.2) is 9.18 Å². The van der Waals surface area contributed by atoms with E-state index in [-0.39, 0.29) is 12.2 Å². The van der Waals surface area contributed by atoms with Gasteiger partial charge in [-0.05, 0) is 49.9 Å². The molecule has 0 bridgehead atoms. The van der Waals surface area contributed by atoms with Crippen molar-refractivity contribution < 1.29 is 18.7 Å². The van der Waals surface area contributed by atoms with Gasteiger partial charge in [-0.3, -0.25) is 4.79 Å². The Morgan fingerprint density at radius 1 is 1.03 bits per heavy atom. The highest BCUT2D eigenvalue weighted by molar-refractivity contribution is 6.06. The first-order valence-electron chi connectivity index (χ1n) is 9.87. The minimum absolute atomic E-state index is 0.216. The Labute approximate surface area is 170 Å². The Morgan fingerprint density at radius 2 is 1.79 bits per heavy atom. The van der Waals surface area contributed by atoms with Gasteiger partial charge in [-0.15, -0.1) is 0 Å². The van der Waals surface area contributed by atoms with Gasteiger partial charge in [0.15, 0.2) is 0 Å². The number of carbonyl (C=O) groups is 2. The molecular weight excluding hydrogens is 373 g/mol. The second-order valence-electron chi connectivity index (χ2n) is 6.84. The zero-order valence-electron chi connectivity index (χ0n) is 16.8. The van der Waals surface area contributed by atoms with Crippen molar-refractivity contribution in [2.75, 3.05) is 49.5 Å². The molecule has 6 nitrogen and oxygen atoms in total. The van der Waals surface area contributed by atoms with Crippen molar-refractivity contribution in [1.82, 2.24) is 4.90 Å². The van der Waals surface area contributed by atoms with E-state index in [1.165, 1.54) is 18.2 Å². The fourth-order valence-corrected chi connectivity index (χ4v) is 3.38. The first kappa shape index (κ1) is 20.8. The maximum atomic E-state index is 13.5. The average Bonchev–Trinajstić information content (AvgIpc) is 2.74. The molecule has 2 aromatic rings. The van der Waals surface area contributed by atoms with E-state index in [2.05, 4.69) is 22.0 Å². The van der Waals surface area contributed by atoms with E-state index in [1.54, 1.807) is 25.1 Å². The molecule has 1 fully saturated rings. The van der Waals surface area contributed by atoms with E-state index in [1.807, 2.05) is 6.07 Å². The Balaban J connectivity index is 1.89. The number of halogens is 1. The van der Waals surface area contributed by atoms with Crippen LogP contribution in [0.25, 0.3) is 0 Å². The van der Waals surface area contributed by atoms with Gasteiger partial charge in [-0.2, -0.15) is 0 Å². The van der Waals surface area contributed by atoms with E-state index in [0.29, 0.717) is 11.3 Å². The Bertz CT molecular complexity index is 879. The van der Waals surface area contributed by atoms with E-state index in [0.717, 1.165) is 38.4 Å². The van der Waals surface area contributed by atoms with Gasteiger partial charge in [0, 0.05) is 31.7 Å². The Morgan fingerprint density at radius 3 is 2.45 bits per heavy atom. The number of rotatable bonds is 6. The van der Waals surface area contributed by atoms with Crippen LogP contribution in [0.15, 0.2) is 42.5 Å². The maximum absolute atomic E-state index is 13.5. The summed E-state index contributed by atoms with van der Waals surface area (Å²) in [5.41, 5.74) is 1.92. The molecule has 0 aliphatic carbocycles. The summed E-state index contributed by atoms with van der Waals surface area (Å²) in [7, 11) is 0. The van der Waals surface area contributed by atoms with Crippen molar-refractivity contribution in [3.05, 3.63) is 59.4 Å². The summed E-state index contributed by atoms with van der Waals surface area (Å²) in [4.78, 5) is 29.4. The molecule has 0 radical (unpaired) electrons. The van der Waals surface area contributed by atoms with Crippen molar-refractivity contribution in [2.45, 2.75) is 13.8 Å². The fraction of sp³-hybridized carbons (Fsp3) is 0.364. The summed E-state index contributed by atoms with van der Waals surface area (Å²) in [5.74, 6) is -1.36. The normalized spacial score (nSPS) is 14.5. The summed E-state index contributed by atoms with van der Waals surface area (Å²) in [5, 5.41) is 2.85. The van der Waals surface area contributed by atoms with E-state index >= 15 is 0 Å². The monoisotopic (exact) mass is 399 g/mol. The number of nitrogens with one attached hydrogen (secondary N) is 1. The Kier molecular flexibility index (Phi) is 6.82. The maximum Gasteiger partial charge on any atom is 0.338 e. The summed E-state index contributed by atoms with van der Waals surface area (Å²) in [6.45, 7) is 8.62. The van der Waals surface area contributed by atoms with Crippen molar-refractivity contribution in [3.63, 3.8) is 0 Å². The molecular formula is C22H26FN3O3. The molecule has 7 heteroatoms. The highest BCUT2D eigenvalue weighted by Gasteiger charge is 2.21. The highest BCUT2D eigenvalue weighted by Crippen LogP contribution is 2.29. The molecule has 0 atom stereocenters. The SMILES string of the molecule is CCOC(=O)c1ccc(N2CCN(CC)CC2)c(NC(=O)c2cccc(F)c2)c1. The first-order chi connectivity index (χ1) is 14.0. The van der Waals surface area contributed by atoms with Crippen LogP contribution in [0.5, 0.6) is 0 Å². The quantitative estimate of drug-likeness (QED) is 0.755. The molecule has 1 heterocycles. The number of ether oxygens (including phenoxy) is 1. The third-order valence-electron chi connectivity index (χ3n) is 5.00. The van der Waals surface area contributed by atoms with Crippen molar-refractivity contribution in [3.8, 4) is 0 Å². The van der Waals surface area contributed by atoms with E-state index < -0.39 is 17.7 Å². The topological polar surface area (TPSA) is 61.9 Å². The molecule has 0 saturated carbocycles. The molecule has 1 amide bonds. The molecule has 1 aliphatic rings. The molecule has 0 unspecified atom stereocenters. The minimum Gasteiger partial charge on any atom is -0.462 e. The minimum atomic E-state index is -0.478. The molecule has 3 rings (SSSR count). The standard InChI is InChI=1S/C22H26FN3O3/c1-3-25-10-12-26(13-11-25)20-9-8-17(22(28)29-4-2)15-19(20)24-21(27)16-6-5-7-18(23)14-16/h5-9,14-15H,3-4,10-13H2,1-2H3,(H,24,27). The molecule has 0 spiro atoms. The van der Waals surface area contributed by atoms with Crippen LogP contribution in [-0.2, 0) is 4.74 Å². The van der Waals surface area contributed by atoms with E-state index in [9.17, 15) is 14.0 Å². The number of nitrogens with zero attached hydrogens (tertiary/aromatic N) is 2. The zero-order valence-corrected chi connectivity index (χ0v) is 16.8. The van der Waals surface area contributed by atoms with Crippen LogP contribution in [0.1, 0.15) is 34.6 Å². The number of benzene rings is 2. The third-order valence-corrected chi connectivity index (χ3v) is 5.00. The number of hydrogen-bond acceptors (Lipinski definition) is 5. The second kappa shape index (κ2) is 9.52. The number of hydrogen-bond donors (Lipinski definition) is 1. The van der Waals surface area contributed by atoms with Crippen LogP contribution >= 0.6 is 0 Å². The highest BCUT2D eigenvalue weighted by atomic mass is 19.1. The largest absolute Gasteiger partial charge is 0.462 e. The van der Waals surface area contributed by atoms with Gasteiger partial charge in [-0.1, -0.05) is 13.0 Å². The van der Waals surface area contributed by atoms with Gasteiger partial charge in [0.05, 0.1) is 23.5 Å². The predicted octanol–water partition coefficient (Wildman–Crippen LogP) is 3.40.